The molecule has 1 saturated carbocycles. The zero-order valence-corrected chi connectivity index (χ0v) is 11.7. The van der Waals surface area contributed by atoms with Crippen LogP contribution in [0.2, 0.25) is 0 Å². The van der Waals surface area contributed by atoms with E-state index in [2.05, 4.69) is 11.8 Å². The molecule has 20 heavy (non-hydrogen) atoms. The summed E-state index contributed by atoms with van der Waals surface area (Å²) in [7, 11) is 0. The Hall–Kier alpha value is -1.64. The highest BCUT2D eigenvalue weighted by atomic mass is 16.2. The van der Waals surface area contributed by atoms with Crippen LogP contribution in [-0.2, 0) is 9.59 Å². The summed E-state index contributed by atoms with van der Waals surface area (Å²) in [6, 6.07) is 10.2. The third-order valence-electron chi connectivity index (χ3n) is 5.64. The number of piperidine rings is 2. The van der Waals surface area contributed by atoms with E-state index in [0.29, 0.717) is 30.5 Å². The number of benzene rings is 1. The van der Waals surface area contributed by atoms with Crippen LogP contribution in [-0.4, -0.2) is 22.6 Å². The van der Waals surface area contributed by atoms with Crippen molar-refractivity contribution in [2.45, 2.75) is 38.3 Å². The number of Topliss-reactive ketones (excluding diaryl/α,β-unsaturated/α-hetero) is 1. The summed E-state index contributed by atoms with van der Waals surface area (Å²) in [6.07, 6.45) is 2.11. The lowest BCUT2D eigenvalue weighted by atomic mass is 9.53. The second-order valence-corrected chi connectivity index (χ2v) is 6.48. The molecule has 3 nitrogen and oxygen atoms in total. The average Bonchev–Trinajstić information content (AvgIpc) is 2.46. The van der Waals surface area contributed by atoms with Crippen molar-refractivity contribution in [1.82, 2.24) is 4.90 Å². The lowest BCUT2D eigenvalue weighted by Gasteiger charge is -2.62. The topological polar surface area (TPSA) is 37.4 Å². The van der Waals surface area contributed by atoms with Gasteiger partial charge < -0.3 is 4.90 Å². The molecule has 0 spiro atoms. The molecule has 1 aromatic carbocycles. The highest BCUT2D eigenvalue weighted by Crippen LogP contribution is 2.55. The molecule has 2 aliphatic heterocycles. The molecule has 3 aliphatic rings. The second kappa shape index (κ2) is 4.18. The largest absolute Gasteiger partial charge is 0.331 e. The summed E-state index contributed by atoms with van der Waals surface area (Å²) in [5.74, 6) is 1.69. The molecule has 5 atom stereocenters. The Bertz CT molecular complexity index is 566. The molecule has 1 aromatic rings. The molecule has 3 fully saturated rings. The summed E-state index contributed by atoms with van der Waals surface area (Å²) in [5.41, 5.74) is 1.10. The van der Waals surface area contributed by atoms with Crippen molar-refractivity contribution in [3.8, 4) is 0 Å². The quantitative estimate of drug-likeness (QED) is 0.785. The first-order valence-electron chi connectivity index (χ1n) is 7.57. The molecule has 1 aliphatic carbocycles. The fourth-order valence-corrected chi connectivity index (χ4v) is 4.65. The molecule has 4 rings (SSSR count). The smallest absolute Gasteiger partial charge is 0.223 e. The van der Waals surface area contributed by atoms with Crippen molar-refractivity contribution in [2.75, 3.05) is 0 Å². The Labute approximate surface area is 119 Å². The molecule has 0 aromatic heterocycles. The predicted molar refractivity (Wildman–Crippen MR) is 74.8 cm³/mol. The number of hydrogen-bond donors (Lipinski definition) is 0. The summed E-state index contributed by atoms with van der Waals surface area (Å²) >= 11 is 0. The zero-order chi connectivity index (χ0) is 13.9. The van der Waals surface area contributed by atoms with E-state index in [-0.39, 0.29) is 23.9 Å². The Kier molecular flexibility index (Phi) is 2.53. The van der Waals surface area contributed by atoms with Crippen LogP contribution in [0.15, 0.2) is 30.3 Å². The summed E-state index contributed by atoms with van der Waals surface area (Å²) in [6.45, 7) is 2.18. The number of ketones is 1. The van der Waals surface area contributed by atoms with Gasteiger partial charge in [0.05, 0.1) is 6.04 Å². The fourth-order valence-electron chi connectivity index (χ4n) is 4.65. The molecular formula is C17H19NO2. The Morgan fingerprint density at radius 1 is 1.15 bits per heavy atom. The summed E-state index contributed by atoms with van der Waals surface area (Å²) in [5, 5.41) is 0. The monoisotopic (exact) mass is 269 g/mol. The first-order valence-corrected chi connectivity index (χ1v) is 7.57. The normalized spacial score (nSPS) is 39.2. The van der Waals surface area contributed by atoms with Gasteiger partial charge in [-0.1, -0.05) is 37.3 Å². The van der Waals surface area contributed by atoms with Crippen molar-refractivity contribution in [3.05, 3.63) is 35.9 Å². The molecule has 3 heteroatoms. The Morgan fingerprint density at radius 3 is 2.65 bits per heavy atom. The number of amides is 1. The van der Waals surface area contributed by atoms with E-state index < -0.39 is 0 Å². The van der Waals surface area contributed by atoms with Crippen LogP contribution in [0.5, 0.6) is 0 Å². The average molecular weight is 269 g/mol. The molecule has 0 unspecified atom stereocenters. The fraction of sp³-hybridized carbons (Fsp3) is 0.529. The molecule has 2 saturated heterocycles. The van der Waals surface area contributed by atoms with Crippen LogP contribution in [0.4, 0.5) is 0 Å². The van der Waals surface area contributed by atoms with Gasteiger partial charge in [-0.15, -0.1) is 0 Å². The van der Waals surface area contributed by atoms with Crippen LogP contribution < -0.4 is 0 Å². The van der Waals surface area contributed by atoms with Gasteiger partial charge in [0.15, 0.2) is 0 Å². The van der Waals surface area contributed by atoms with Crippen molar-refractivity contribution in [1.29, 1.82) is 0 Å². The highest BCUT2D eigenvalue weighted by Gasteiger charge is 2.60. The van der Waals surface area contributed by atoms with Crippen LogP contribution in [0.1, 0.15) is 37.8 Å². The van der Waals surface area contributed by atoms with E-state index in [4.69, 9.17) is 0 Å². The Balaban J connectivity index is 1.74. The third-order valence-corrected chi connectivity index (χ3v) is 5.64. The first-order chi connectivity index (χ1) is 9.68. The van der Waals surface area contributed by atoms with E-state index in [9.17, 15) is 9.59 Å². The maximum Gasteiger partial charge on any atom is 0.223 e. The van der Waals surface area contributed by atoms with Gasteiger partial charge in [0.1, 0.15) is 5.78 Å². The number of carbonyl (C=O) groups excluding carboxylic acids is 2. The molecule has 2 heterocycles. The first kappa shape index (κ1) is 12.1. The summed E-state index contributed by atoms with van der Waals surface area (Å²) < 4.78 is 0. The van der Waals surface area contributed by atoms with Crippen molar-refractivity contribution < 1.29 is 9.59 Å². The van der Waals surface area contributed by atoms with Crippen molar-refractivity contribution in [2.24, 2.45) is 17.8 Å². The number of rotatable bonds is 1. The van der Waals surface area contributed by atoms with Crippen LogP contribution >= 0.6 is 0 Å². The van der Waals surface area contributed by atoms with E-state index in [1.165, 1.54) is 0 Å². The van der Waals surface area contributed by atoms with Crippen molar-refractivity contribution in [3.63, 3.8) is 0 Å². The van der Waals surface area contributed by atoms with Gasteiger partial charge in [0.25, 0.3) is 0 Å². The molecule has 0 N–H and O–H groups in total. The van der Waals surface area contributed by atoms with E-state index in [1.807, 2.05) is 30.3 Å². The second-order valence-electron chi connectivity index (χ2n) is 6.48. The molecule has 0 radical (unpaired) electrons. The third kappa shape index (κ3) is 1.46. The lowest BCUT2D eigenvalue weighted by molar-refractivity contribution is -0.178. The van der Waals surface area contributed by atoms with Crippen LogP contribution in [0.3, 0.4) is 0 Å². The number of nitrogens with zero attached hydrogens (tertiary/aromatic N) is 1. The minimum Gasteiger partial charge on any atom is -0.331 e. The minimum atomic E-state index is -0.0345. The Morgan fingerprint density at radius 2 is 1.90 bits per heavy atom. The summed E-state index contributed by atoms with van der Waals surface area (Å²) in [4.78, 5) is 26.9. The minimum absolute atomic E-state index is 0.0345. The van der Waals surface area contributed by atoms with Gasteiger partial charge in [0.2, 0.25) is 5.91 Å². The van der Waals surface area contributed by atoms with Crippen LogP contribution in [0.25, 0.3) is 0 Å². The van der Waals surface area contributed by atoms with Crippen LogP contribution in [0, 0.1) is 17.8 Å². The van der Waals surface area contributed by atoms with E-state index >= 15 is 0 Å². The van der Waals surface area contributed by atoms with Gasteiger partial charge >= 0.3 is 0 Å². The highest BCUT2D eigenvalue weighted by molar-refractivity contribution is 5.89. The standard InChI is InChI=1S/C17H19NO2/c1-10-12-7-8-15(20)18-13(11-5-3-2-4-6-11)9-14(19)16(10)17(12)18/h2-6,10,12-13,16-17H,7-9H2,1H3/t10-,12-,13+,16-,17-/m1/s1. The van der Waals surface area contributed by atoms with E-state index in [1.54, 1.807) is 0 Å². The molecule has 104 valence electrons. The number of hydrogen-bond acceptors (Lipinski definition) is 2. The predicted octanol–water partition coefficient (Wildman–Crippen LogP) is 2.57. The maximum atomic E-state index is 12.4. The molecular weight excluding hydrogens is 250 g/mol. The SMILES string of the molecule is C[C@@H]1[C@H]2CCC(=O)N3[C@H]2[C@H]1C(=O)C[C@H]3c1ccccc1. The molecule has 1 amide bonds. The molecule has 0 bridgehead atoms. The maximum absolute atomic E-state index is 12.4. The van der Waals surface area contributed by atoms with Gasteiger partial charge in [0, 0.05) is 24.8 Å². The van der Waals surface area contributed by atoms with Gasteiger partial charge in [-0.3, -0.25) is 9.59 Å². The van der Waals surface area contributed by atoms with Gasteiger partial charge in [-0.25, -0.2) is 0 Å². The van der Waals surface area contributed by atoms with Crippen molar-refractivity contribution >= 4 is 11.7 Å². The van der Waals surface area contributed by atoms with Gasteiger partial charge in [-0.2, -0.15) is 0 Å². The number of carbonyl (C=O) groups is 2. The zero-order valence-electron chi connectivity index (χ0n) is 11.7. The van der Waals surface area contributed by atoms with E-state index in [0.717, 1.165) is 12.0 Å². The van der Waals surface area contributed by atoms with Gasteiger partial charge in [-0.05, 0) is 23.8 Å². The lowest BCUT2D eigenvalue weighted by Crippen LogP contribution is -2.69.